The molecule has 0 amide bonds. The summed E-state index contributed by atoms with van der Waals surface area (Å²) in [6, 6.07) is 4.09. The van der Waals surface area contributed by atoms with E-state index in [1.165, 1.54) is 0 Å². The van der Waals surface area contributed by atoms with Gasteiger partial charge in [-0.3, -0.25) is 4.68 Å². The van der Waals surface area contributed by atoms with Crippen molar-refractivity contribution in [2.45, 2.75) is 64.2 Å². The lowest BCUT2D eigenvalue weighted by Crippen LogP contribution is -2.43. The molecular formula is C24H34N8O2. The van der Waals surface area contributed by atoms with E-state index in [-0.39, 0.29) is 12.1 Å². The summed E-state index contributed by atoms with van der Waals surface area (Å²) in [7, 11) is 0. The van der Waals surface area contributed by atoms with E-state index in [1.54, 1.807) is 6.20 Å². The highest BCUT2D eigenvalue weighted by atomic mass is 16.3. The molecule has 34 heavy (non-hydrogen) atoms. The summed E-state index contributed by atoms with van der Waals surface area (Å²) >= 11 is 0. The predicted molar refractivity (Wildman–Crippen MR) is 133 cm³/mol. The van der Waals surface area contributed by atoms with Crippen LogP contribution in [0.4, 0.5) is 23.4 Å². The second-order valence-corrected chi connectivity index (χ2v) is 9.85. The van der Waals surface area contributed by atoms with E-state index >= 15 is 0 Å². The first-order valence-electron chi connectivity index (χ1n) is 12.2. The van der Waals surface area contributed by atoms with Crippen molar-refractivity contribution in [2.75, 3.05) is 41.3 Å². The monoisotopic (exact) mass is 466 g/mol. The largest absolute Gasteiger partial charge is 0.391 e. The third-order valence-electron chi connectivity index (χ3n) is 7.07. The van der Waals surface area contributed by atoms with Crippen LogP contribution in [0.15, 0.2) is 24.5 Å². The zero-order chi connectivity index (χ0) is 23.9. The van der Waals surface area contributed by atoms with Crippen LogP contribution in [0.1, 0.15) is 52.5 Å². The van der Waals surface area contributed by atoms with Gasteiger partial charge >= 0.3 is 0 Å². The van der Waals surface area contributed by atoms with Crippen molar-refractivity contribution in [1.82, 2.24) is 24.7 Å². The summed E-state index contributed by atoms with van der Waals surface area (Å²) in [4.78, 5) is 18.0. The first-order chi connectivity index (χ1) is 16.3. The Morgan fingerprint density at radius 3 is 2.68 bits per heavy atom. The van der Waals surface area contributed by atoms with Crippen LogP contribution in [-0.2, 0) is 0 Å². The van der Waals surface area contributed by atoms with E-state index in [9.17, 15) is 10.2 Å². The molecule has 0 aromatic carbocycles. The van der Waals surface area contributed by atoms with Gasteiger partial charge in [0.15, 0.2) is 5.82 Å². The molecule has 5 rings (SSSR count). The summed E-state index contributed by atoms with van der Waals surface area (Å²) in [5, 5.41) is 29.5. The van der Waals surface area contributed by atoms with Gasteiger partial charge in [0.05, 0.1) is 22.6 Å². The molecule has 10 nitrogen and oxygen atoms in total. The molecule has 10 heteroatoms. The number of hydrogen-bond donors (Lipinski definition) is 3. The fourth-order valence-electron chi connectivity index (χ4n) is 4.65. The number of anilines is 4. The molecule has 5 heterocycles. The maximum Gasteiger partial charge on any atom is 0.227 e. The quantitative estimate of drug-likeness (QED) is 0.504. The first kappa shape index (κ1) is 22.8. The molecule has 3 aromatic rings. The molecule has 3 N–H and O–H groups in total. The molecular weight excluding hydrogens is 432 g/mol. The van der Waals surface area contributed by atoms with E-state index in [2.05, 4.69) is 43.6 Å². The van der Waals surface area contributed by atoms with Crippen molar-refractivity contribution >= 4 is 34.3 Å². The number of rotatable bonds is 6. The highest BCUT2D eigenvalue weighted by Gasteiger charge is 2.29. The lowest BCUT2D eigenvalue weighted by Gasteiger charge is -2.35. The molecule has 182 valence electrons. The molecule has 3 aromatic heterocycles. The molecule has 2 aliphatic heterocycles. The summed E-state index contributed by atoms with van der Waals surface area (Å²) in [5.74, 6) is 2.90. The van der Waals surface area contributed by atoms with Crippen LogP contribution in [0, 0.1) is 0 Å². The first-order valence-corrected chi connectivity index (χ1v) is 12.2. The van der Waals surface area contributed by atoms with E-state index in [0.717, 1.165) is 49.2 Å². The van der Waals surface area contributed by atoms with Crippen LogP contribution in [0.25, 0.3) is 10.9 Å². The number of hydrogen-bond acceptors (Lipinski definition) is 9. The maximum atomic E-state index is 10.2. The minimum Gasteiger partial charge on any atom is -0.391 e. The van der Waals surface area contributed by atoms with Crippen molar-refractivity contribution in [2.24, 2.45) is 0 Å². The Labute approximate surface area is 199 Å². The minimum absolute atomic E-state index is 0.237. The number of β-amino-alcohol motifs (C(OH)–C–C–N with tert-alkyl or cyclic N) is 1. The molecule has 0 bridgehead atoms. The molecule has 2 atom stereocenters. The Hall–Kier alpha value is -2.98. The van der Waals surface area contributed by atoms with E-state index in [1.807, 2.05) is 25.3 Å². The van der Waals surface area contributed by atoms with E-state index in [4.69, 9.17) is 10.1 Å². The Kier molecular flexibility index (Phi) is 6.03. The molecule has 1 unspecified atom stereocenters. The van der Waals surface area contributed by atoms with Gasteiger partial charge in [0.2, 0.25) is 5.95 Å². The van der Waals surface area contributed by atoms with E-state index < -0.39 is 5.60 Å². The number of aromatic nitrogens is 5. The van der Waals surface area contributed by atoms with Gasteiger partial charge in [-0.1, -0.05) is 6.92 Å². The summed E-state index contributed by atoms with van der Waals surface area (Å²) in [6.45, 7) is 9.04. The van der Waals surface area contributed by atoms with Gasteiger partial charge in [-0.25, -0.2) is 9.97 Å². The fourth-order valence-corrected chi connectivity index (χ4v) is 4.65. The third kappa shape index (κ3) is 4.52. The van der Waals surface area contributed by atoms with Crippen LogP contribution in [0.3, 0.4) is 0 Å². The number of piperidine rings is 1. The zero-order valence-corrected chi connectivity index (χ0v) is 20.1. The summed E-state index contributed by atoms with van der Waals surface area (Å²) in [5.41, 5.74) is 0.395. The standard InChI is InChI=1S/C24H34N8O2/c1-4-16(2)32-19-13-21(26-14-18(19)22(29-32)31-10-6-17(33)15-31)27-20-5-9-25-23(28-20)30-11-7-24(3,34)8-12-30/h5,9,13-14,16-17,33-34H,4,6-8,10-12,15H2,1-3H3,(H,25,26,27,28)/t16?,17-/m1/s1. The van der Waals surface area contributed by atoms with Crippen molar-refractivity contribution in [3.05, 3.63) is 24.5 Å². The Balaban J connectivity index is 1.41. The maximum absolute atomic E-state index is 10.2. The van der Waals surface area contributed by atoms with Gasteiger partial charge in [-0.15, -0.1) is 0 Å². The van der Waals surface area contributed by atoms with Crippen molar-refractivity contribution < 1.29 is 10.2 Å². The number of nitrogens with one attached hydrogen (secondary N) is 1. The number of fused-ring (bicyclic) bond motifs is 1. The van der Waals surface area contributed by atoms with Crippen LogP contribution in [0.2, 0.25) is 0 Å². The van der Waals surface area contributed by atoms with Gasteiger partial charge in [-0.05, 0) is 45.6 Å². The summed E-state index contributed by atoms with van der Waals surface area (Å²) in [6.07, 6.45) is 6.41. The van der Waals surface area contributed by atoms with Crippen molar-refractivity contribution in [3.8, 4) is 0 Å². The smallest absolute Gasteiger partial charge is 0.227 e. The second kappa shape index (κ2) is 8.99. The van der Waals surface area contributed by atoms with Gasteiger partial charge < -0.3 is 25.3 Å². The molecule has 0 spiro atoms. The van der Waals surface area contributed by atoms with Crippen molar-refractivity contribution in [1.29, 1.82) is 0 Å². The Morgan fingerprint density at radius 2 is 1.97 bits per heavy atom. The van der Waals surface area contributed by atoms with Gasteiger partial charge in [0.1, 0.15) is 11.6 Å². The molecule has 0 saturated carbocycles. The normalized spacial score (nSPS) is 21.3. The zero-order valence-electron chi connectivity index (χ0n) is 20.1. The van der Waals surface area contributed by atoms with Crippen molar-refractivity contribution in [3.63, 3.8) is 0 Å². The minimum atomic E-state index is -0.615. The molecule has 2 saturated heterocycles. The van der Waals surface area contributed by atoms with Crippen LogP contribution >= 0.6 is 0 Å². The molecule has 2 aliphatic rings. The number of aliphatic hydroxyl groups excluding tert-OH is 1. The highest BCUT2D eigenvalue weighted by molar-refractivity contribution is 5.92. The summed E-state index contributed by atoms with van der Waals surface area (Å²) < 4.78 is 2.06. The number of nitrogens with zero attached hydrogens (tertiary/aromatic N) is 7. The average molecular weight is 467 g/mol. The topological polar surface area (TPSA) is 115 Å². The van der Waals surface area contributed by atoms with Crippen LogP contribution in [0.5, 0.6) is 0 Å². The number of pyridine rings is 1. The molecule has 0 radical (unpaired) electrons. The fraction of sp³-hybridized carbons (Fsp3) is 0.583. The second-order valence-electron chi connectivity index (χ2n) is 9.85. The molecule has 2 fully saturated rings. The highest BCUT2D eigenvalue weighted by Crippen LogP contribution is 2.32. The van der Waals surface area contributed by atoms with Crippen LogP contribution < -0.4 is 15.1 Å². The Morgan fingerprint density at radius 1 is 1.18 bits per heavy atom. The van der Waals surface area contributed by atoms with Crippen LogP contribution in [-0.4, -0.2) is 72.8 Å². The van der Waals surface area contributed by atoms with E-state index in [0.29, 0.717) is 37.0 Å². The Bertz CT molecular complexity index is 1150. The lowest BCUT2D eigenvalue weighted by molar-refractivity contribution is 0.0349. The van der Waals surface area contributed by atoms with Gasteiger partial charge in [0, 0.05) is 50.7 Å². The average Bonchev–Trinajstić information content (AvgIpc) is 3.42. The SMILES string of the molecule is CCC(C)n1nc(N2CC[C@@H](O)C2)c2cnc(Nc3ccnc(N4CCC(C)(O)CC4)n3)cc21. The predicted octanol–water partition coefficient (Wildman–Crippen LogP) is 2.86. The number of aliphatic hydroxyl groups is 2. The van der Waals surface area contributed by atoms with Gasteiger partial charge in [0.25, 0.3) is 0 Å². The third-order valence-corrected chi connectivity index (χ3v) is 7.07. The lowest BCUT2D eigenvalue weighted by atomic mass is 9.94. The van der Waals surface area contributed by atoms with Gasteiger partial charge in [-0.2, -0.15) is 10.1 Å². The molecule has 0 aliphatic carbocycles.